The van der Waals surface area contributed by atoms with E-state index in [4.69, 9.17) is 4.98 Å². The SMILES string of the molecule is CCC(=O)c1ccc(N2CCN(C(C)c3cnc4c(c3)CC(=O)C(C3CC3)=C4)CC2)cn1. The fraction of sp³-hybridized carbons (Fsp3) is 0.462. The summed E-state index contributed by atoms with van der Waals surface area (Å²) in [4.78, 5) is 38.2. The zero-order valence-electron chi connectivity index (χ0n) is 18.9. The predicted octanol–water partition coefficient (Wildman–Crippen LogP) is 3.87. The number of allylic oxidation sites excluding steroid dienone is 1. The summed E-state index contributed by atoms with van der Waals surface area (Å²) < 4.78 is 0. The maximum Gasteiger partial charge on any atom is 0.180 e. The first-order valence-electron chi connectivity index (χ1n) is 11.8. The van der Waals surface area contributed by atoms with Crippen molar-refractivity contribution in [1.29, 1.82) is 0 Å². The number of ketones is 2. The van der Waals surface area contributed by atoms with Crippen LogP contribution in [0.1, 0.15) is 66.5 Å². The molecule has 1 atom stereocenters. The van der Waals surface area contributed by atoms with E-state index in [9.17, 15) is 9.59 Å². The van der Waals surface area contributed by atoms with Gasteiger partial charge < -0.3 is 4.90 Å². The third-order valence-corrected chi connectivity index (χ3v) is 7.07. The van der Waals surface area contributed by atoms with Crippen molar-refractivity contribution in [2.75, 3.05) is 31.1 Å². The molecule has 2 aromatic heterocycles. The highest BCUT2D eigenvalue weighted by molar-refractivity contribution is 6.04. The molecule has 6 nitrogen and oxygen atoms in total. The number of Topliss-reactive ketones (excluding diaryl/α,β-unsaturated/α-hetero) is 2. The van der Waals surface area contributed by atoms with Crippen molar-refractivity contribution in [3.63, 3.8) is 0 Å². The topological polar surface area (TPSA) is 66.4 Å². The van der Waals surface area contributed by atoms with Crippen molar-refractivity contribution in [3.05, 3.63) is 58.7 Å². The van der Waals surface area contributed by atoms with Crippen LogP contribution in [-0.2, 0) is 11.2 Å². The van der Waals surface area contributed by atoms with E-state index in [2.05, 4.69) is 27.8 Å². The number of carbonyl (C=O) groups excluding carboxylic acids is 2. The Morgan fingerprint density at radius 1 is 1.12 bits per heavy atom. The molecule has 166 valence electrons. The van der Waals surface area contributed by atoms with Crippen LogP contribution in [0.4, 0.5) is 5.69 Å². The minimum Gasteiger partial charge on any atom is -0.368 e. The lowest BCUT2D eigenvalue weighted by atomic mass is 9.90. The van der Waals surface area contributed by atoms with Crippen LogP contribution in [-0.4, -0.2) is 52.6 Å². The van der Waals surface area contributed by atoms with Crippen molar-refractivity contribution in [1.82, 2.24) is 14.9 Å². The van der Waals surface area contributed by atoms with Crippen LogP contribution >= 0.6 is 0 Å². The average molecular weight is 431 g/mol. The second-order valence-electron chi connectivity index (χ2n) is 9.16. The number of aromatic nitrogens is 2. The molecular formula is C26H30N4O2. The largest absolute Gasteiger partial charge is 0.368 e. The molecule has 1 aliphatic heterocycles. The Balaban J connectivity index is 1.23. The summed E-state index contributed by atoms with van der Waals surface area (Å²) in [5, 5.41) is 0. The van der Waals surface area contributed by atoms with E-state index < -0.39 is 0 Å². The monoisotopic (exact) mass is 430 g/mol. The minimum absolute atomic E-state index is 0.0785. The molecule has 2 aliphatic carbocycles. The third kappa shape index (κ3) is 4.11. The van der Waals surface area contributed by atoms with E-state index in [0.29, 0.717) is 24.5 Å². The number of pyridine rings is 2. The first-order valence-corrected chi connectivity index (χ1v) is 11.8. The Kier molecular flexibility index (Phi) is 5.64. The van der Waals surface area contributed by atoms with Crippen LogP contribution in [0, 0.1) is 5.92 Å². The van der Waals surface area contributed by atoms with Crippen molar-refractivity contribution in [3.8, 4) is 0 Å². The highest BCUT2D eigenvalue weighted by Crippen LogP contribution is 2.40. The van der Waals surface area contributed by atoms with E-state index >= 15 is 0 Å². The fourth-order valence-corrected chi connectivity index (χ4v) is 4.78. The molecule has 3 aliphatic rings. The Morgan fingerprint density at radius 2 is 1.91 bits per heavy atom. The van der Waals surface area contributed by atoms with E-state index in [-0.39, 0.29) is 17.6 Å². The van der Waals surface area contributed by atoms with Gasteiger partial charge in [0.15, 0.2) is 11.6 Å². The lowest BCUT2D eigenvalue weighted by molar-refractivity contribution is -0.115. The molecule has 0 N–H and O–H groups in total. The lowest BCUT2D eigenvalue weighted by Gasteiger charge is -2.39. The number of carbonyl (C=O) groups is 2. The summed E-state index contributed by atoms with van der Waals surface area (Å²) in [6.45, 7) is 7.80. The highest BCUT2D eigenvalue weighted by Gasteiger charge is 2.33. The Labute approximate surface area is 189 Å². The molecule has 0 spiro atoms. The summed E-state index contributed by atoms with van der Waals surface area (Å²) in [5.74, 6) is 0.834. The van der Waals surface area contributed by atoms with Gasteiger partial charge in [-0.25, -0.2) is 0 Å². The van der Waals surface area contributed by atoms with Crippen molar-refractivity contribution in [2.24, 2.45) is 5.92 Å². The molecule has 1 unspecified atom stereocenters. The maximum atomic E-state index is 12.5. The van der Waals surface area contributed by atoms with Gasteiger partial charge in [-0.15, -0.1) is 0 Å². The second-order valence-corrected chi connectivity index (χ2v) is 9.16. The molecule has 1 saturated carbocycles. The number of hydrogen-bond acceptors (Lipinski definition) is 6. The highest BCUT2D eigenvalue weighted by atomic mass is 16.1. The predicted molar refractivity (Wildman–Crippen MR) is 125 cm³/mol. The molecule has 0 aromatic carbocycles. The van der Waals surface area contributed by atoms with E-state index in [1.165, 1.54) is 5.56 Å². The molecular weight excluding hydrogens is 400 g/mol. The van der Waals surface area contributed by atoms with Gasteiger partial charge >= 0.3 is 0 Å². The normalized spacial score (nSPS) is 20.0. The van der Waals surface area contributed by atoms with Gasteiger partial charge in [0.25, 0.3) is 0 Å². The summed E-state index contributed by atoms with van der Waals surface area (Å²) in [6.07, 6.45) is 9.08. The van der Waals surface area contributed by atoms with Crippen molar-refractivity contribution in [2.45, 2.75) is 45.6 Å². The van der Waals surface area contributed by atoms with Crippen molar-refractivity contribution >= 4 is 23.3 Å². The number of piperazine rings is 1. The van der Waals surface area contributed by atoms with Crippen LogP contribution in [0.25, 0.3) is 6.08 Å². The number of anilines is 1. The first kappa shape index (κ1) is 21.0. The molecule has 2 aromatic rings. The van der Waals surface area contributed by atoms with Gasteiger partial charge in [-0.3, -0.25) is 24.5 Å². The molecule has 0 radical (unpaired) electrons. The minimum atomic E-state index is 0.0785. The average Bonchev–Trinajstić information content (AvgIpc) is 3.68. The van der Waals surface area contributed by atoms with E-state index in [1.54, 1.807) is 0 Å². The van der Waals surface area contributed by atoms with Crippen LogP contribution < -0.4 is 4.90 Å². The molecule has 6 heteroatoms. The number of nitrogens with zero attached hydrogens (tertiary/aromatic N) is 4. The molecule has 1 saturated heterocycles. The fourth-order valence-electron chi connectivity index (χ4n) is 4.78. The summed E-state index contributed by atoms with van der Waals surface area (Å²) in [5.41, 5.74) is 5.82. The van der Waals surface area contributed by atoms with Crippen LogP contribution in [0.2, 0.25) is 0 Å². The summed E-state index contributed by atoms with van der Waals surface area (Å²) in [6, 6.07) is 6.27. The Bertz CT molecular complexity index is 1060. The number of fused-ring (bicyclic) bond motifs is 1. The van der Waals surface area contributed by atoms with E-state index in [0.717, 1.165) is 61.5 Å². The maximum absolute atomic E-state index is 12.5. The Hall–Kier alpha value is -2.86. The second kappa shape index (κ2) is 8.58. The van der Waals surface area contributed by atoms with E-state index in [1.807, 2.05) is 37.5 Å². The zero-order chi connectivity index (χ0) is 22.2. The van der Waals surface area contributed by atoms with Crippen LogP contribution in [0.3, 0.4) is 0 Å². The van der Waals surface area contributed by atoms with Gasteiger partial charge in [-0.1, -0.05) is 13.0 Å². The third-order valence-electron chi connectivity index (χ3n) is 7.07. The summed E-state index contributed by atoms with van der Waals surface area (Å²) in [7, 11) is 0. The smallest absolute Gasteiger partial charge is 0.180 e. The van der Waals surface area contributed by atoms with Crippen molar-refractivity contribution < 1.29 is 9.59 Å². The molecule has 32 heavy (non-hydrogen) atoms. The molecule has 0 amide bonds. The molecule has 0 bridgehead atoms. The van der Waals surface area contributed by atoms with Gasteiger partial charge in [-0.05, 0) is 55.0 Å². The quantitative estimate of drug-likeness (QED) is 0.648. The van der Waals surface area contributed by atoms with Gasteiger partial charge in [0.05, 0.1) is 17.6 Å². The van der Waals surface area contributed by atoms with Gasteiger partial charge in [-0.2, -0.15) is 0 Å². The zero-order valence-corrected chi connectivity index (χ0v) is 18.9. The molecule has 3 heterocycles. The van der Waals surface area contributed by atoms with Crippen LogP contribution in [0.5, 0.6) is 0 Å². The van der Waals surface area contributed by atoms with Gasteiger partial charge in [0, 0.05) is 56.8 Å². The van der Waals surface area contributed by atoms with Gasteiger partial charge in [0.1, 0.15) is 5.69 Å². The number of hydrogen-bond donors (Lipinski definition) is 0. The Morgan fingerprint density at radius 3 is 2.56 bits per heavy atom. The molecule has 2 fully saturated rings. The lowest BCUT2D eigenvalue weighted by Crippen LogP contribution is -2.47. The summed E-state index contributed by atoms with van der Waals surface area (Å²) >= 11 is 0. The van der Waals surface area contributed by atoms with Crippen LogP contribution in [0.15, 0.2) is 36.2 Å². The standard InChI is InChI=1S/C26H30N4O2/c1-3-25(31)23-7-6-21(16-28-23)30-10-8-29(9-11-30)17(2)20-12-19-13-26(32)22(18-4-5-18)14-24(19)27-15-20/h6-7,12,14-18H,3-5,8-11,13H2,1-2H3. The number of rotatable bonds is 6. The molecule has 5 rings (SSSR count). The van der Waals surface area contributed by atoms with Gasteiger partial charge in [0.2, 0.25) is 0 Å². The first-order chi connectivity index (χ1) is 15.5.